The van der Waals surface area contributed by atoms with E-state index in [1.54, 1.807) is 24.4 Å². The van der Waals surface area contributed by atoms with Gasteiger partial charge < -0.3 is 5.32 Å². The maximum absolute atomic E-state index is 12.9. The van der Waals surface area contributed by atoms with Gasteiger partial charge in [0, 0.05) is 12.7 Å². The number of pyridine rings is 1. The Kier molecular flexibility index (Phi) is 3.87. The van der Waals surface area contributed by atoms with Gasteiger partial charge in [-0.25, -0.2) is 9.37 Å². The summed E-state index contributed by atoms with van der Waals surface area (Å²) in [5.41, 5.74) is 1.50. The molecule has 0 aliphatic carbocycles. The molecule has 0 saturated heterocycles. The van der Waals surface area contributed by atoms with Gasteiger partial charge in [-0.15, -0.1) is 0 Å². The minimum atomic E-state index is -0.225. The minimum Gasteiger partial charge on any atom is -0.370 e. The number of hydrogen-bond donors (Lipinski definition) is 1. The molecule has 0 fully saturated rings. The van der Waals surface area contributed by atoms with Gasteiger partial charge in [-0.1, -0.05) is 12.1 Å². The highest BCUT2D eigenvalue weighted by Crippen LogP contribution is 2.07. The van der Waals surface area contributed by atoms with Crippen LogP contribution in [0.2, 0.25) is 0 Å². The Morgan fingerprint density at radius 1 is 1.28 bits per heavy atom. The summed E-state index contributed by atoms with van der Waals surface area (Å²) >= 11 is 0. The van der Waals surface area contributed by atoms with Crippen molar-refractivity contribution in [2.75, 3.05) is 11.9 Å². The highest BCUT2D eigenvalue weighted by atomic mass is 19.1. The molecule has 0 unspecified atom stereocenters. The van der Waals surface area contributed by atoms with Gasteiger partial charge in [-0.05, 0) is 36.2 Å². The molecule has 0 aliphatic rings. The van der Waals surface area contributed by atoms with Crippen LogP contribution in [0.4, 0.5) is 10.2 Å². The molecule has 3 nitrogen and oxygen atoms in total. The van der Waals surface area contributed by atoms with Crippen LogP contribution in [0.15, 0.2) is 42.6 Å². The second-order valence-corrected chi connectivity index (χ2v) is 3.85. The number of halogens is 1. The predicted octanol–water partition coefficient (Wildman–Crippen LogP) is 2.75. The van der Waals surface area contributed by atoms with Crippen molar-refractivity contribution < 1.29 is 4.39 Å². The van der Waals surface area contributed by atoms with Crippen molar-refractivity contribution in [2.24, 2.45) is 0 Å². The molecule has 1 aromatic carbocycles. The molecule has 0 bridgehead atoms. The quantitative estimate of drug-likeness (QED) is 0.895. The second-order valence-electron chi connectivity index (χ2n) is 3.85. The van der Waals surface area contributed by atoms with E-state index in [1.165, 1.54) is 12.1 Å². The van der Waals surface area contributed by atoms with Crippen LogP contribution < -0.4 is 5.32 Å². The zero-order valence-corrected chi connectivity index (χ0v) is 9.73. The highest BCUT2D eigenvalue weighted by molar-refractivity contribution is 5.42. The zero-order chi connectivity index (χ0) is 12.8. The van der Waals surface area contributed by atoms with E-state index in [0.29, 0.717) is 24.3 Å². The van der Waals surface area contributed by atoms with Crippen molar-refractivity contribution in [3.63, 3.8) is 0 Å². The Bertz CT molecular complexity index is 575. The Morgan fingerprint density at radius 3 is 2.94 bits per heavy atom. The first-order valence-corrected chi connectivity index (χ1v) is 5.62. The van der Waals surface area contributed by atoms with Crippen LogP contribution in [-0.4, -0.2) is 11.5 Å². The lowest BCUT2D eigenvalue weighted by molar-refractivity contribution is 0.625. The summed E-state index contributed by atoms with van der Waals surface area (Å²) in [7, 11) is 0. The van der Waals surface area contributed by atoms with Crippen LogP contribution in [-0.2, 0) is 6.42 Å². The van der Waals surface area contributed by atoms with E-state index in [4.69, 9.17) is 5.26 Å². The van der Waals surface area contributed by atoms with E-state index in [1.807, 2.05) is 6.07 Å². The van der Waals surface area contributed by atoms with Gasteiger partial charge in [-0.3, -0.25) is 0 Å². The van der Waals surface area contributed by atoms with Crippen molar-refractivity contribution in [3.8, 4) is 6.07 Å². The Hall–Kier alpha value is -2.41. The van der Waals surface area contributed by atoms with Crippen molar-refractivity contribution in [2.45, 2.75) is 6.42 Å². The zero-order valence-electron chi connectivity index (χ0n) is 9.73. The van der Waals surface area contributed by atoms with E-state index < -0.39 is 0 Å². The van der Waals surface area contributed by atoms with E-state index in [2.05, 4.69) is 16.4 Å². The standard InChI is InChI=1S/C14H12FN3/c15-13-3-1-2-11(8-13)4-6-17-14-9-12(10-16)5-7-18-14/h1-3,5,7-9H,4,6H2,(H,17,18). The third-order valence-corrected chi connectivity index (χ3v) is 2.50. The van der Waals surface area contributed by atoms with Crippen LogP contribution in [0.25, 0.3) is 0 Å². The summed E-state index contributed by atoms with van der Waals surface area (Å²) in [4.78, 5) is 4.10. The molecule has 1 aromatic heterocycles. The SMILES string of the molecule is N#Cc1ccnc(NCCc2cccc(F)c2)c1. The van der Waals surface area contributed by atoms with Crippen LogP contribution in [0.1, 0.15) is 11.1 Å². The number of nitrogens with one attached hydrogen (secondary N) is 1. The normalized spacial score (nSPS) is 9.78. The van der Waals surface area contributed by atoms with Crippen molar-refractivity contribution in [3.05, 3.63) is 59.5 Å². The molecular formula is C14H12FN3. The number of hydrogen-bond acceptors (Lipinski definition) is 3. The van der Waals surface area contributed by atoms with Gasteiger partial charge in [0.15, 0.2) is 0 Å². The molecular weight excluding hydrogens is 229 g/mol. The summed E-state index contributed by atoms with van der Waals surface area (Å²) in [6.45, 7) is 0.644. The van der Waals surface area contributed by atoms with Gasteiger partial charge >= 0.3 is 0 Å². The largest absolute Gasteiger partial charge is 0.370 e. The van der Waals surface area contributed by atoms with Crippen molar-refractivity contribution in [1.29, 1.82) is 5.26 Å². The van der Waals surface area contributed by atoms with E-state index in [0.717, 1.165) is 5.56 Å². The Balaban J connectivity index is 1.90. The topological polar surface area (TPSA) is 48.7 Å². The summed E-state index contributed by atoms with van der Waals surface area (Å²) < 4.78 is 12.9. The number of nitrogens with zero attached hydrogens (tertiary/aromatic N) is 2. The molecule has 0 saturated carbocycles. The fraction of sp³-hybridized carbons (Fsp3) is 0.143. The maximum Gasteiger partial charge on any atom is 0.127 e. The van der Waals surface area contributed by atoms with Crippen LogP contribution in [0.3, 0.4) is 0 Å². The van der Waals surface area contributed by atoms with E-state index in [-0.39, 0.29) is 5.82 Å². The molecule has 90 valence electrons. The lowest BCUT2D eigenvalue weighted by atomic mass is 10.1. The number of nitriles is 1. The molecule has 0 amide bonds. The van der Waals surface area contributed by atoms with Crippen molar-refractivity contribution in [1.82, 2.24) is 4.98 Å². The predicted molar refractivity (Wildman–Crippen MR) is 67.5 cm³/mol. The number of aromatic nitrogens is 1. The van der Waals surface area contributed by atoms with Crippen LogP contribution in [0, 0.1) is 17.1 Å². The fourth-order valence-electron chi connectivity index (χ4n) is 1.62. The smallest absolute Gasteiger partial charge is 0.127 e. The van der Waals surface area contributed by atoms with Gasteiger partial charge in [0.1, 0.15) is 11.6 Å². The Morgan fingerprint density at radius 2 is 2.17 bits per heavy atom. The minimum absolute atomic E-state index is 0.225. The number of rotatable bonds is 4. The monoisotopic (exact) mass is 241 g/mol. The average Bonchev–Trinajstić information content (AvgIpc) is 2.39. The van der Waals surface area contributed by atoms with E-state index in [9.17, 15) is 4.39 Å². The third kappa shape index (κ3) is 3.29. The molecule has 1 N–H and O–H groups in total. The van der Waals surface area contributed by atoms with Crippen LogP contribution in [0.5, 0.6) is 0 Å². The van der Waals surface area contributed by atoms with Gasteiger partial charge in [-0.2, -0.15) is 5.26 Å². The van der Waals surface area contributed by atoms with Gasteiger partial charge in [0.05, 0.1) is 11.6 Å². The molecule has 0 aliphatic heterocycles. The first-order valence-electron chi connectivity index (χ1n) is 5.62. The molecule has 0 atom stereocenters. The first kappa shape index (κ1) is 12.1. The Labute approximate surface area is 105 Å². The summed E-state index contributed by atoms with van der Waals surface area (Å²) in [6.07, 6.45) is 2.29. The second kappa shape index (κ2) is 5.78. The van der Waals surface area contributed by atoms with Gasteiger partial charge in [0.2, 0.25) is 0 Å². The van der Waals surface area contributed by atoms with E-state index >= 15 is 0 Å². The lowest BCUT2D eigenvalue weighted by Gasteiger charge is -2.05. The molecule has 2 aromatic rings. The first-order chi connectivity index (χ1) is 8.78. The summed E-state index contributed by atoms with van der Waals surface area (Å²) in [5.74, 6) is 0.433. The molecule has 2 rings (SSSR count). The summed E-state index contributed by atoms with van der Waals surface area (Å²) in [5, 5.41) is 11.9. The van der Waals surface area contributed by atoms with Gasteiger partial charge in [0.25, 0.3) is 0 Å². The fourth-order valence-corrected chi connectivity index (χ4v) is 1.62. The molecule has 0 spiro atoms. The lowest BCUT2D eigenvalue weighted by Crippen LogP contribution is -2.06. The molecule has 18 heavy (non-hydrogen) atoms. The maximum atomic E-state index is 12.9. The number of anilines is 1. The number of benzene rings is 1. The average molecular weight is 241 g/mol. The molecule has 4 heteroatoms. The third-order valence-electron chi connectivity index (χ3n) is 2.50. The molecule has 1 heterocycles. The van der Waals surface area contributed by atoms with Crippen LogP contribution >= 0.6 is 0 Å². The summed E-state index contributed by atoms with van der Waals surface area (Å²) in [6, 6.07) is 11.9. The molecule has 0 radical (unpaired) electrons. The highest BCUT2D eigenvalue weighted by Gasteiger charge is 1.98. The van der Waals surface area contributed by atoms with Crippen molar-refractivity contribution >= 4 is 5.82 Å².